The first kappa shape index (κ1) is 11.2. The number of nitro groups is 1. The van der Waals surface area contributed by atoms with Crippen LogP contribution in [0.4, 0.5) is 5.82 Å². The fraction of sp³-hybridized carbons (Fsp3) is 0.375. The van der Waals surface area contributed by atoms with Crippen LogP contribution >= 0.6 is 0 Å². The minimum absolute atomic E-state index is 0.137. The van der Waals surface area contributed by atoms with Crippen molar-refractivity contribution >= 4 is 11.7 Å². The molecule has 7 heteroatoms. The summed E-state index contributed by atoms with van der Waals surface area (Å²) >= 11 is 0. The molecule has 2 N–H and O–H groups in total. The standard InChI is InChI=1S/C8H11N3O4/c1-10(4-5-12)8(13)6-2-3-7(9-6)11(14)15/h2-3,9,12H,4-5H2,1H3. The van der Waals surface area contributed by atoms with E-state index in [1.54, 1.807) is 0 Å². The van der Waals surface area contributed by atoms with Crippen LogP contribution in [0.25, 0.3) is 0 Å². The van der Waals surface area contributed by atoms with Gasteiger partial charge in [-0.3, -0.25) is 4.79 Å². The van der Waals surface area contributed by atoms with Crippen LogP contribution < -0.4 is 0 Å². The van der Waals surface area contributed by atoms with Crippen LogP contribution in [-0.2, 0) is 0 Å². The van der Waals surface area contributed by atoms with Crippen LogP contribution in [0.3, 0.4) is 0 Å². The Bertz CT molecular complexity index is 374. The lowest BCUT2D eigenvalue weighted by Gasteiger charge is -2.12. The van der Waals surface area contributed by atoms with Gasteiger partial charge in [0, 0.05) is 19.7 Å². The van der Waals surface area contributed by atoms with Gasteiger partial charge in [-0.1, -0.05) is 0 Å². The van der Waals surface area contributed by atoms with Crippen LogP contribution in [0.1, 0.15) is 10.5 Å². The molecule has 0 radical (unpaired) electrons. The second-order valence-electron chi connectivity index (χ2n) is 2.96. The van der Waals surface area contributed by atoms with Crippen molar-refractivity contribution in [3.05, 3.63) is 27.9 Å². The molecule has 0 fully saturated rings. The number of aromatic nitrogens is 1. The number of aliphatic hydroxyl groups is 1. The average molecular weight is 213 g/mol. The van der Waals surface area contributed by atoms with Crippen LogP contribution in [-0.4, -0.2) is 46.0 Å². The fourth-order valence-electron chi connectivity index (χ4n) is 1.07. The summed E-state index contributed by atoms with van der Waals surface area (Å²) in [6.45, 7) is 0.0384. The largest absolute Gasteiger partial charge is 0.395 e. The number of carbonyl (C=O) groups excluding carboxylic acids is 1. The third-order valence-corrected chi connectivity index (χ3v) is 1.88. The highest BCUT2D eigenvalue weighted by Crippen LogP contribution is 2.11. The third-order valence-electron chi connectivity index (χ3n) is 1.88. The number of carbonyl (C=O) groups is 1. The monoisotopic (exact) mass is 213 g/mol. The summed E-state index contributed by atoms with van der Waals surface area (Å²) in [5.41, 5.74) is 0.137. The maximum atomic E-state index is 11.5. The topological polar surface area (TPSA) is 99.5 Å². The van der Waals surface area contributed by atoms with Gasteiger partial charge in [-0.25, -0.2) is 4.98 Å². The first-order chi connectivity index (χ1) is 7.06. The second-order valence-corrected chi connectivity index (χ2v) is 2.96. The van der Waals surface area contributed by atoms with E-state index in [9.17, 15) is 14.9 Å². The number of nitrogens with zero attached hydrogens (tertiary/aromatic N) is 2. The lowest BCUT2D eigenvalue weighted by Crippen LogP contribution is -2.29. The molecular weight excluding hydrogens is 202 g/mol. The highest BCUT2D eigenvalue weighted by molar-refractivity contribution is 5.92. The molecule has 0 saturated heterocycles. The summed E-state index contributed by atoms with van der Waals surface area (Å²) in [5.74, 6) is -0.618. The molecular formula is C8H11N3O4. The Morgan fingerprint density at radius 3 is 2.80 bits per heavy atom. The van der Waals surface area contributed by atoms with Crippen LogP contribution in [0.5, 0.6) is 0 Å². The predicted octanol–water partition coefficient (Wildman–Crippen LogP) is -0.0128. The molecule has 1 heterocycles. The average Bonchev–Trinajstić information content (AvgIpc) is 2.65. The highest BCUT2D eigenvalue weighted by atomic mass is 16.6. The number of aliphatic hydroxyl groups excluding tert-OH is 1. The van der Waals surface area contributed by atoms with E-state index in [0.29, 0.717) is 0 Å². The zero-order valence-electron chi connectivity index (χ0n) is 8.14. The van der Waals surface area contributed by atoms with E-state index in [1.165, 1.54) is 24.1 Å². The Hall–Kier alpha value is -1.89. The van der Waals surface area contributed by atoms with Gasteiger partial charge in [-0.2, -0.15) is 0 Å². The van der Waals surface area contributed by atoms with Gasteiger partial charge < -0.3 is 20.1 Å². The minimum atomic E-state index is -0.608. The lowest BCUT2D eigenvalue weighted by molar-refractivity contribution is -0.389. The molecule has 1 aromatic heterocycles. The maximum absolute atomic E-state index is 11.5. The van der Waals surface area contributed by atoms with E-state index in [-0.39, 0.29) is 24.7 Å². The molecule has 1 aromatic rings. The molecule has 1 amide bonds. The van der Waals surface area contributed by atoms with Crippen LogP contribution in [0.15, 0.2) is 12.1 Å². The summed E-state index contributed by atoms with van der Waals surface area (Å²) in [5, 5.41) is 19.0. The SMILES string of the molecule is CN(CCO)C(=O)c1ccc([N+](=O)[O-])[nH]1. The van der Waals surface area contributed by atoms with Gasteiger partial charge in [-0.05, 0) is 11.0 Å². The van der Waals surface area contributed by atoms with Gasteiger partial charge in [0.2, 0.25) is 0 Å². The van der Waals surface area contributed by atoms with Crippen molar-refractivity contribution < 1.29 is 14.8 Å². The number of amides is 1. The first-order valence-corrected chi connectivity index (χ1v) is 4.26. The molecule has 15 heavy (non-hydrogen) atoms. The quantitative estimate of drug-likeness (QED) is 0.542. The number of hydrogen-bond acceptors (Lipinski definition) is 4. The van der Waals surface area contributed by atoms with Crippen molar-refractivity contribution in [3.63, 3.8) is 0 Å². The summed E-state index contributed by atoms with van der Waals surface area (Å²) in [7, 11) is 1.51. The molecule has 1 rings (SSSR count). The Balaban J connectivity index is 2.78. The predicted molar refractivity (Wildman–Crippen MR) is 51.5 cm³/mol. The van der Waals surface area contributed by atoms with E-state index >= 15 is 0 Å². The van der Waals surface area contributed by atoms with Crippen LogP contribution in [0, 0.1) is 10.1 Å². The number of likely N-dealkylation sites (N-methyl/N-ethyl adjacent to an activating group) is 1. The fourth-order valence-corrected chi connectivity index (χ4v) is 1.07. The zero-order valence-corrected chi connectivity index (χ0v) is 8.14. The lowest BCUT2D eigenvalue weighted by atomic mass is 10.4. The van der Waals surface area contributed by atoms with Crippen molar-refractivity contribution in [1.29, 1.82) is 0 Å². The van der Waals surface area contributed by atoms with Gasteiger partial charge in [0.15, 0.2) is 5.69 Å². The number of nitrogens with one attached hydrogen (secondary N) is 1. The van der Waals surface area contributed by atoms with Gasteiger partial charge >= 0.3 is 5.82 Å². The van der Waals surface area contributed by atoms with Gasteiger partial charge in [-0.15, -0.1) is 0 Å². The zero-order chi connectivity index (χ0) is 11.4. The van der Waals surface area contributed by atoms with Crippen molar-refractivity contribution in [2.24, 2.45) is 0 Å². The molecule has 0 aromatic carbocycles. The smallest absolute Gasteiger partial charge is 0.321 e. The number of aromatic amines is 1. The molecule has 0 aliphatic rings. The van der Waals surface area contributed by atoms with E-state index in [4.69, 9.17) is 5.11 Å². The van der Waals surface area contributed by atoms with Gasteiger partial charge in [0.25, 0.3) is 5.91 Å². The Labute approximate surface area is 85.5 Å². The van der Waals surface area contributed by atoms with E-state index < -0.39 is 10.8 Å². The van der Waals surface area contributed by atoms with E-state index in [0.717, 1.165) is 0 Å². The third kappa shape index (κ3) is 2.53. The van der Waals surface area contributed by atoms with Crippen molar-refractivity contribution in [3.8, 4) is 0 Å². The molecule has 0 saturated carbocycles. The minimum Gasteiger partial charge on any atom is -0.395 e. The summed E-state index contributed by atoms with van der Waals surface area (Å²) in [6.07, 6.45) is 0. The molecule has 0 aliphatic heterocycles. The van der Waals surface area contributed by atoms with E-state index in [2.05, 4.69) is 4.98 Å². The van der Waals surface area contributed by atoms with Gasteiger partial charge in [0.1, 0.15) is 0 Å². The molecule has 82 valence electrons. The Kier molecular flexibility index (Phi) is 3.40. The molecule has 0 unspecified atom stereocenters. The van der Waals surface area contributed by atoms with Crippen LogP contribution in [0.2, 0.25) is 0 Å². The van der Waals surface area contributed by atoms with Gasteiger partial charge in [0.05, 0.1) is 6.61 Å². The second kappa shape index (κ2) is 4.56. The van der Waals surface area contributed by atoms with Crippen molar-refractivity contribution in [1.82, 2.24) is 9.88 Å². The van der Waals surface area contributed by atoms with E-state index in [1.807, 2.05) is 0 Å². The molecule has 0 bridgehead atoms. The summed E-state index contributed by atoms with van der Waals surface area (Å²) in [4.78, 5) is 24.9. The molecule has 0 aliphatic carbocycles. The number of rotatable bonds is 4. The summed E-state index contributed by atoms with van der Waals surface area (Å²) < 4.78 is 0. The van der Waals surface area contributed by atoms with Crippen molar-refractivity contribution in [2.75, 3.05) is 20.2 Å². The number of H-pyrrole nitrogens is 1. The maximum Gasteiger partial charge on any atom is 0.321 e. The Morgan fingerprint density at radius 1 is 1.67 bits per heavy atom. The Morgan fingerprint density at radius 2 is 2.33 bits per heavy atom. The number of hydrogen-bond donors (Lipinski definition) is 2. The summed E-state index contributed by atoms with van der Waals surface area (Å²) in [6, 6.07) is 2.56. The van der Waals surface area contributed by atoms with Crippen molar-refractivity contribution in [2.45, 2.75) is 0 Å². The first-order valence-electron chi connectivity index (χ1n) is 4.26. The highest BCUT2D eigenvalue weighted by Gasteiger charge is 2.18. The normalized spacial score (nSPS) is 10.0. The molecule has 7 nitrogen and oxygen atoms in total. The molecule has 0 atom stereocenters. The molecule has 0 spiro atoms.